The van der Waals surface area contributed by atoms with Crippen LogP contribution in [0.15, 0.2) is 4.52 Å². The summed E-state index contributed by atoms with van der Waals surface area (Å²) in [5.41, 5.74) is 0. The monoisotopic (exact) mass is 239 g/mol. The molecule has 0 aromatic carbocycles. The first kappa shape index (κ1) is 11.1. The third kappa shape index (κ3) is 3.02. The van der Waals surface area contributed by atoms with Gasteiger partial charge in [0.1, 0.15) is 6.10 Å². The average molecular weight is 239 g/mol. The van der Waals surface area contributed by atoms with Crippen molar-refractivity contribution >= 4 is 0 Å². The van der Waals surface area contributed by atoms with E-state index in [1.807, 2.05) is 0 Å². The molecule has 17 heavy (non-hydrogen) atoms. The lowest BCUT2D eigenvalue weighted by Crippen LogP contribution is -2.23. The summed E-state index contributed by atoms with van der Waals surface area (Å²) < 4.78 is 16.0. The van der Waals surface area contributed by atoms with Gasteiger partial charge in [-0.1, -0.05) is 5.16 Å². The van der Waals surface area contributed by atoms with Crippen molar-refractivity contribution in [1.29, 1.82) is 0 Å². The van der Waals surface area contributed by atoms with E-state index in [1.165, 1.54) is 12.8 Å². The lowest BCUT2D eigenvalue weighted by molar-refractivity contribution is -0.0941. The molecule has 1 N–H and O–H groups in total. The van der Waals surface area contributed by atoms with Gasteiger partial charge < -0.3 is 19.3 Å². The predicted octanol–water partition coefficient (Wildman–Crippen LogP) is 0.657. The molecule has 6 heteroatoms. The normalized spacial score (nSPS) is 25.1. The van der Waals surface area contributed by atoms with E-state index in [9.17, 15) is 0 Å². The first-order chi connectivity index (χ1) is 8.42. The molecule has 3 rings (SSSR count). The summed E-state index contributed by atoms with van der Waals surface area (Å²) in [7, 11) is 0. The minimum Gasteiger partial charge on any atom is -0.376 e. The maximum absolute atomic E-state index is 5.50. The molecule has 1 aliphatic heterocycles. The summed E-state index contributed by atoms with van der Waals surface area (Å²) >= 11 is 0. The maximum Gasteiger partial charge on any atom is 0.240 e. The van der Waals surface area contributed by atoms with E-state index >= 15 is 0 Å². The highest BCUT2D eigenvalue weighted by Crippen LogP contribution is 2.27. The number of ether oxygens (including phenoxy) is 2. The Morgan fingerprint density at radius 1 is 1.29 bits per heavy atom. The first-order valence-corrected chi connectivity index (χ1v) is 6.14. The van der Waals surface area contributed by atoms with Gasteiger partial charge in [-0.15, -0.1) is 0 Å². The molecule has 94 valence electrons. The summed E-state index contributed by atoms with van der Waals surface area (Å²) in [6.07, 6.45) is 2.51. The van der Waals surface area contributed by atoms with E-state index in [0.29, 0.717) is 38.1 Å². The lowest BCUT2D eigenvalue weighted by atomic mass is 10.3. The van der Waals surface area contributed by atoms with Gasteiger partial charge in [-0.3, -0.25) is 0 Å². The molecule has 1 aliphatic carbocycles. The van der Waals surface area contributed by atoms with Crippen molar-refractivity contribution < 1.29 is 14.0 Å². The molecule has 1 aromatic rings. The molecule has 0 amide bonds. The maximum atomic E-state index is 5.50. The van der Waals surface area contributed by atoms with E-state index < -0.39 is 0 Å². The Bertz CT molecular complexity index is 359. The van der Waals surface area contributed by atoms with E-state index in [2.05, 4.69) is 15.5 Å². The number of nitrogens with zero attached hydrogens (tertiary/aromatic N) is 2. The van der Waals surface area contributed by atoms with E-state index in [1.54, 1.807) is 0 Å². The molecule has 1 saturated carbocycles. The van der Waals surface area contributed by atoms with E-state index in [4.69, 9.17) is 14.0 Å². The Morgan fingerprint density at radius 2 is 2.24 bits per heavy atom. The van der Waals surface area contributed by atoms with E-state index in [0.717, 1.165) is 12.5 Å². The molecule has 0 bridgehead atoms. The number of rotatable bonds is 5. The molecule has 0 spiro atoms. The van der Waals surface area contributed by atoms with Crippen molar-refractivity contribution in [3.05, 3.63) is 11.7 Å². The number of hydrogen-bond acceptors (Lipinski definition) is 6. The van der Waals surface area contributed by atoms with Crippen LogP contribution in [0, 0.1) is 5.92 Å². The molecule has 1 aromatic heterocycles. The predicted molar refractivity (Wildman–Crippen MR) is 58.2 cm³/mol. The highest BCUT2D eigenvalue weighted by molar-refractivity contribution is 4.92. The molecule has 6 nitrogen and oxygen atoms in total. The second-order valence-corrected chi connectivity index (χ2v) is 4.55. The van der Waals surface area contributed by atoms with Crippen LogP contribution >= 0.6 is 0 Å². The summed E-state index contributed by atoms with van der Waals surface area (Å²) in [6.45, 7) is 3.42. The fourth-order valence-corrected chi connectivity index (χ4v) is 1.81. The van der Waals surface area contributed by atoms with Gasteiger partial charge in [0, 0.05) is 0 Å². The average Bonchev–Trinajstić information content (AvgIpc) is 3.07. The van der Waals surface area contributed by atoms with Crippen molar-refractivity contribution in [2.24, 2.45) is 5.92 Å². The Kier molecular flexibility index (Phi) is 3.35. The fraction of sp³-hybridized carbons (Fsp3) is 0.818. The number of nitrogens with one attached hydrogen (secondary N) is 1. The quantitative estimate of drug-likeness (QED) is 0.814. The minimum atomic E-state index is -0.176. The van der Waals surface area contributed by atoms with Crippen LogP contribution in [-0.2, 0) is 16.0 Å². The second kappa shape index (κ2) is 5.12. The second-order valence-electron chi connectivity index (χ2n) is 4.55. The van der Waals surface area contributed by atoms with Crippen LogP contribution in [0.3, 0.4) is 0 Å². The van der Waals surface area contributed by atoms with Gasteiger partial charge in [0.15, 0.2) is 0 Å². The summed E-state index contributed by atoms with van der Waals surface area (Å²) in [5.74, 6) is 2.07. The van der Waals surface area contributed by atoms with Crippen LogP contribution < -0.4 is 5.32 Å². The van der Waals surface area contributed by atoms with Gasteiger partial charge in [0.2, 0.25) is 11.7 Å². The largest absolute Gasteiger partial charge is 0.376 e. The van der Waals surface area contributed by atoms with Gasteiger partial charge >= 0.3 is 0 Å². The third-order valence-corrected chi connectivity index (χ3v) is 2.99. The van der Waals surface area contributed by atoms with Crippen LogP contribution in [0.5, 0.6) is 0 Å². The van der Waals surface area contributed by atoms with Crippen molar-refractivity contribution in [1.82, 2.24) is 15.5 Å². The van der Waals surface area contributed by atoms with Gasteiger partial charge in [-0.25, -0.2) is 0 Å². The van der Waals surface area contributed by atoms with Crippen molar-refractivity contribution in [3.8, 4) is 0 Å². The number of hydrogen-bond donors (Lipinski definition) is 1. The zero-order valence-corrected chi connectivity index (χ0v) is 9.72. The standard InChI is InChI=1S/C11H17N3O3/c1-2-8(1)5-12-6-10-13-11(14-17-10)9-7-15-3-4-16-9/h8-9,12H,1-7H2. The minimum absolute atomic E-state index is 0.176. The van der Waals surface area contributed by atoms with Crippen LogP contribution in [0.1, 0.15) is 30.7 Å². The SMILES string of the molecule is C1COC(c2noc(CNCC3CC3)n2)CO1. The zero-order chi connectivity index (χ0) is 11.5. The van der Waals surface area contributed by atoms with E-state index in [-0.39, 0.29) is 6.10 Å². The fourth-order valence-electron chi connectivity index (χ4n) is 1.81. The van der Waals surface area contributed by atoms with Crippen LogP contribution in [0.25, 0.3) is 0 Å². The van der Waals surface area contributed by atoms with Gasteiger partial charge in [-0.05, 0) is 25.3 Å². The lowest BCUT2D eigenvalue weighted by Gasteiger charge is -2.19. The van der Waals surface area contributed by atoms with Crippen molar-refractivity contribution in [3.63, 3.8) is 0 Å². The molecule has 1 atom stereocenters. The summed E-state index contributed by atoms with van der Waals surface area (Å²) in [5, 5.41) is 7.23. The molecule has 1 unspecified atom stereocenters. The van der Waals surface area contributed by atoms with Crippen molar-refractivity contribution in [2.45, 2.75) is 25.5 Å². The number of aromatic nitrogens is 2. The van der Waals surface area contributed by atoms with Crippen LogP contribution in [0.4, 0.5) is 0 Å². The highest BCUT2D eigenvalue weighted by atomic mass is 16.6. The van der Waals surface area contributed by atoms with Crippen LogP contribution in [0.2, 0.25) is 0 Å². The highest BCUT2D eigenvalue weighted by Gasteiger charge is 2.23. The molecule has 1 saturated heterocycles. The molecule has 2 aliphatic rings. The first-order valence-electron chi connectivity index (χ1n) is 6.14. The van der Waals surface area contributed by atoms with Crippen LogP contribution in [-0.4, -0.2) is 36.5 Å². The smallest absolute Gasteiger partial charge is 0.240 e. The molecule has 0 radical (unpaired) electrons. The Balaban J connectivity index is 1.49. The third-order valence-electron chi connectivity index (χ3n) is 2.99. The van der Waals surface area contributed by atoms with Gasteiger partial charge in [0.25, 0.3) is 0 Å². The van der Waals surface area contributed by atoms with Crippen molar-refractivity contribution in [2.75, 3.05) is 26.4 Å². The Hall–Kier alpha value is -0.980. The molecular formula is C11H17N3O3. The van der Waals surface area contributed by atoms with Gasteiger partial charge in [0.05, 0.1) is 26.4 Å². The molecule has 2 heterocycles. The Morgan fingerprint density at radius 3 is 3.00 bits per heavy atom. The Labute approximate surface area is 99.7 Å². The topological polar surface area (TPSA) is 69.4 Å². The molecular weight excluding hydrogens is 222 g/mol. The summed E-state index contributed by atoms with van der Waals surface area (Å²) in [4.78, 5) is 4.31. The summed E-state index contributed by atoms with van der Waals surface area (Å²) in [6, 6.07) is 0. The molecule has 2 fully saturated rings. The van der Waals surface area contributed by atoms with Gasteiger partial charge in [-0.2, -0.15) is 4.98 Å². The zero-order valence-electron chi connectivity index (χ0n) is 9.72.